The second-order valence-corrected chi connectivity index (χ2v) is 8.01. The first-order valence-corrected chi connectivity index (χ1v) is 9.68. The van der Waals surface area contributed by atoms with Crippen LogP contribution in [0.3, 0.4) is 0 Å². The molecule has 0 aliphatic carbocycles. The Morgan fingerprint density at radius 1 is 1.20 bits per heavy atom. The summed E-state index contributed by atoms with van der Waals surface area (Å²) in [4.78, 5) is 25.2. The van der Waals surface area contributed by atoms with Crippen LogP contribution in [-0.2, 0) is 0 Å². The van der Waals surface area contributed by atoms with E-state index in [0.717, 1.165) is 45.1 Å². The summed E-state index contributed by atoms with van der Waals surface area (Å²) in [5.41, 5.74) is 0.452. The quantitative estimate of drug-likeness (QED) is 0.756. The van der Waals surface area contributed by atoms with Crippen LogP contribution in [0.4, 0.5) is 5.95 Å². The van der Waals surface area contributed by atoms with Gasteiger partial charge in [-0.15, -0.1) is 11.3 Å². The van der Waals surface area contributed by atoms with E-state index in [1.54, 1.807) is 18.5 Å². The van der Waals surface area contributed by atoms with Gasteiger partial charge in [0.25, 0.3) is 5.91 Å². The van der Waals surface area contributed by atoms with Crippen molar-refractivity contribution in [2.75, 3.05) is 44.2 Å². The Hall–Kier alpha value is -1.41. The van der Waals surface area contributed by atoms with Crippen LogP contribution in [0.5, 0.6) is 0 Å². The molecule has 0 aromatic carbocycles. The lowest BCUT2D eigenvalue weighted by atomic mass is 10.3. The second-order valence-electron chi connectivity index (χ2n) is 5.72. The minimum absolute atomic E-state index is 0.167. The molecular weight excluding hydrogens is 381 g/mol. The zero-order chi connectivity index (χ0) is 17.6. The van der Waals surface area contributed by atoms with Crippen molar-refractivity contribution in [3.63, 3.8) is 0 Å². The van der Waals surface area contributed by atoms with E-state index in [0.29, 0.717) is 20.8 Å². The Labute approximate surface area is 160 Å². The van der Waals surface area contributed by atoms with Crippen molar-refractivity contribution in [3.8, 4) is 0 Å². The van der Waals surface area contributed by atoms with Crippen molar-refractivity contribution < 1.29 is 4.79 Å². The highest BCUT2D eigenvalue weighted by Crippen LogP contribution is 2.30. The molecule has 1 aliphatic rings. The molecule has 1 N–H and O–H groups in total. The van der Waals surface area contributed by atoms with E-state index < -0.39 is 0 Å². The van der Waals surface area contributed by atoms with Crippen molar-refractivity contribution in [1.29, 1.82) is 0 Å². The Morgan fingerprint density at radius 3 is 2.56 bits per heavy atom. The van der Waals surface area contributed by atoms with Crippen LogP contribution >= 0.6 is 34.5 Å². The van der Waals surface area contributed by atoms with Crippen molar-refractivity contribution >= 4 is 46.4 Å². The van der Waals surface area contributed by atoms with E-state index in [9.17, 15) is 4.79 Å². The van der Waals surface area contributed by atoms with Gasteiger partial charge in [-0.2, -0.15) is 0 Å². The summed E-state index contributed by atoms with van der Waals surface area (Å²) in [6.07, 6.45) is 4.43. The maximum atomic E-state index is 12.0. The van der Waals surface area contributed by atoms with Gasteiger partial charge in [0.15, 0.2) is 0 Å². The molecule has 1 fully saturated rings. The van der Waals surface area contributed by atoms with Crippen LogP contribution in [0.15, 0.2) is 24.5 Å². The van der Waals surface area contributed by atoms with Crippen LogP contribution in [-0.4, -0.2) is 60.0 Å². The van der Waals surface area contributed by atoms with Gasteiger partial charge >= 0.3 is 0 Å². The maximum absolute atomic E-state index is 12.0. The average Bonchev–Trinajstić information content (AvgIpc) is 2.98. The van der Waals surface area contributed by atoms with Gasteiger partial charge in [-0.1, -0.05) is 23.2 Å². The van der Waals surface area contributed by atoms with Crippen LogP contribution in [0.1, 0.15) is 16.8 Å². The fourth-order valence-electron chi connectivity index (χ4n) is 2.72. The molecule has 0 spiro atoms. The third-order valence-corrected chi connectivity index (χ3v) is 5.53. The minimum Gasteiger partial charge on any atom is -0.352 e. The predicted octanol–water partition coefficient (Wildman–Crippen LogP) is 2.79. The number of carbonyl (C=O) groups excluding carboxylic acids is 1. The van der Waals surface area contributed by atoms with E-state index in [1.165, 1.54) is 11.3 Å². The zero-order valence-corrected chi connectivity index (χ0v) is 15.9. The first-order chi connectivity index (χ1) is 12.1. The first-order valence-electron chi connectivity index (χ1n) is 8.11. The summed E-state index contributed by atoms with van der Waals surface area (Å²) in [6.45, 7) is 5.33. The first kappa shape index (κ1) is 18.4. The molecule has 9 heteroatoms. The maximum Gasteiger partial charge on any atom is 0.253 e. The van der Waals surface area contributed by atoms with Gasteiger partial charge in [-0.25, -0.2) is 9.97 Å². The summed E-state index contributed by atoms with van der Waals surface area (Å²) >= 11 is 13.1. The number of piperazine rings is 1. The number of nitrogens with one attached hydrogen (secondary N) is 1. The second kappa shape index (κ2) is 8.80. The lowest BCUT2D eigenvalue weighted by molar-refractivity contribution is 0.0952. The molecule has 2 aromatic heterocycles. The fraction of sp³-hybridized carbons (Fsp3) is 0.438. The molecule has 0 atom stereocenters. The molecule has 1 saturated heterocycles. The van der Waals surface area contributed by atoms with Gasteiger partial charge in [-0.05, 0) is 25.1 Å². The Bertz CT molecular complexity index is 704. The molecule has 1 amide bonds. The van der Waals surface area contributed by atoms with Gasteiger partial charge < -0.3 is 10.2 Å². The SMILES string of the molecule is O=C(NCCCN1CCN(c2ncccn2)CC1)c1cc(Cl)sc1Cl. The van der Waals surface area contributed by atoms with Crippen LogP contribution < -0.4 is 10.2 Å². The van der Waals surface area contributed by atoms with E-state index in [1.807, 2.05) is 6.07 Å². The molecule has 6 nitrogen and oxygen atoms in total. The summed E-state index contributed by atoms with van der Waals surface area (Å²) in [7, 11) is 0. The van der Waals surface area contributed by atoms with Crippen molar-refractivity contribution in [2.45, 2.75) is 6.42 Å². The van der Waals surface area contributed by atoms with Gasteiger partial charge in [-0.3, -0.25) is 9.69 Å². The number of anilines is 1. The molecule has 3 heterocycles. The monoisotopic (exact) mass is 399 g/mol. The molecule has 134 valence electrons. The lowest BCUT2D eigenvalue weighted by Crippen LogP contribution is -2.47. The summed E-state index contributed by atoms with van der Waals surface area (Å²) in [6, 6.07) is 3.43. The van der Waals surface area contributed by atoms with E-state index in [2.05, 4.69) is 25.1 Å². The largest absolute Gasteiger partial charge is 0.352 e. The Kier molecular flexibility index (Phi) is 6.47. The predicted molar refractivity (Wildman–Crippen MR) is 102 cm³/mol. The minimum atomic E-state index is -0.167. The van der Waals surface area contributed by atoms with Gasteiger partial charge in [0.1, 0.15) is 4.34 Å². The van der Waals surface area contributed by atoms with Crippen LogP contribution in [0.2, 0.25) is 8.67 Å². The number of hydrogen-bond donors (Lipinski definition) is 1. The number of rotatable bonds is 6. The normalized spacial score (nSPS) is 15.4. The standard InChI is InChI=1S/C16H19Cl2N5OS/c17-13-11-12(14(18)25-13)15(24)19-5-2-6-22-7-9-23(10-8-22)16-20-3-1-4-21-16/h1,3-4,11H,2,5-10H2,(H,19,24). The highest BCUT2D eigenvalue weighted by molar-refractivity contribution is 7.20. The molecule has 25 heavy (non-hydrogen) atoms. The third kappa shape index (κ3) is 5.04. The summed E-state index contributed by atoms with van der Waals surface area (Å²) in [5.74, 6) is 0.625. The molecule has 0 radical (unpaired) electrons. The number of halogens is 2. The third-order valence-electron chi connectivity index (χ3n) is 4.05. The smallest absolute Gasteiger partial charge is 0.253 e. The topological polar surface area (TPSA) is 61.4 Å². The molecule has 0 saturated carbocycles. The van der Waals surface area contributed by atoms with Crippen LogP contribution in [0.25, 0.3) is 0 Å². The Morgan fingerprint density at radius 2 is 1.92 bits per heavy atom. The molecule has 2 aromatic rings. The van der Waals surface area contributed by atoms with E-state index in [-0.39, 0.29) is 5.91 Å². The highest BCUT2D eigenvalue weighted by Gasteiger charge is 2.18. The number of amides is 1. The highest BCUT2D eigenvalue weighted by atomic mass is 35.5. The van der Waals surface area contributed by atoms with Crippen LogP contribution in [0, 0.1) is 0 Å². The molecule has 1 aliphatic heterocycles. The molecule has 0 unspecified atom stereocenters. The molecule has 3 rings (SSSR count). The molecular formula is C16H19Cl2N5OS. The Balaban J connectivity index is 1.35. The summed E-state index contributed by atoms with van der Waals surface area (Å²) in [5, 5.41) is 2.89. The van der Waals surface area contributed by atoms with Crippen molar-refractivity contribution in [2.24, 2.45) is 0 Å². The van der Waals surface area contributed by atoms with Gasteiger partial charge in [0, 0.05) is 45.1 Å². The van der Waals surface area contributed by atoms with Gasteiger partial charge in [0.05, 0.1) is 9.90 Å². The number of carbonyl (C=O) groups is 1. The van der Waals surface area contributed by atoms with E-state index >= 15 is 0 Å². The average molecular weight is 400 g/mol. The fourth-order valence-corrected chi connectivity index (χ4v) is 4.18. The van der Waals surface area contributed by atoms with Gasteiger partial charge in [0.2, 0.25) is 5.95 Å². The van der Waals surface area contributed by atoms with Crippen molar-refractivity contribution in [1.82, 2.24) is 20.2 Å². The number of hydrogen-bond acceptors (Lipinski definition) is 6. The lowest BCUT2D eigenvalue weighted by Gasteiger charge is -2.34. The summed E-state index contributed by atoms with van der Waals surface area (Å²) < 4.78 is 0.956. The number of aromatic nitrogens is 2. The number of thiophene rings is 1. The number of nitrogens with zero attached hydrogens (tertiary/aromatic N) is 4. The van der Waals surface area contributed by atoms with E-state index in [4.69, 9.17) is 23.2 Å². The molecule has 0 bridgehead atoms. The van der Waals surface area contributed by atoms with Crippen molar-refractivity contribution in [3.05, 3.63) is 38.8 Å². The zero-order valence-electron chi connectivity index (χ0n) is 13.6.